The first-order valence-electron chi connectivity index (χ1n) is 8.07. The SMILES string of the molecule is COc1cccc2c1N(C(=O)N1CCC[C@H](C(=O)O)C1)CCC2. The molecule has 23 heavy (non-hydrogen) atoms. The van der Waals surface area contributed by atoms with Crippen LogP contribution in [0.1, 0.15) is 24.8 Å². The summed E-state index contributed by atoms with van der Waals surface area (Å²) in [7, 11) is 1.61. The Morgan fingerprint density at radius 1 is 1.26 bits per heavy atom. The van der Waals surface area contributed by atoms with Gasteiger partial charge in [0.1, 0.15) is 5.75 Å². The molecule has 0 aromatic heterocycles. The lowest BCUT2D eigenvalue weighted by Gasteiger charge is -2.38. The fraction of sp³-hybridized carbons (Fsp3) is 0.529. The summed E-state index contributed by atoms with van der Waals surface area (Å²) >= 11 is 0. The van der Waals surface area contributed by atoms with Gasteiger partial charge in [-0.05, 0) is 37.3 Å². The summed E-state index contributed by atoms with van der Waals surface area (Å²) < 4.78 is 5.43. The maximum Gasteiger partial charge on any atom is 0.324 e. The maximum atomic E-state index is 13.0. The van der Waals surface area contributed by atoms with Crippen LogP contribution < -0.4 is 9.64 Å². The normalized spacial score (nSPS) is 20.8. The lowest BCUT2D eigenvalue weighted by Crippen LogP contribution is -2.50. The average molecular weight is 318 g/mol. The van der Waals surface area contributed by atoms with E-state index < -0.39 is 11.9 Å². The van der Waals surface area contributed by atoms with Crippen molar-refractivity contribution in [2.24, 2.45) is 5.92 Å². The minimum atomic E-state index is -0.820. The number of aliphatic carboxylic acids is 1. The van der Waals surface area contributed by atoms with Gasteiger partial charge in [-0.1, -0.05) is 12.1 Å². The van der Waals surface area contributed by atoms with Crippen LogP contribution >= 0.6 is 0 Å². The maximum absolute atomic E-state index is 13.0. The number of hydrogen-bond acceptors (Lipinski definition) is 3. The largest absolute Gasteiger partial charge is 0.495 e. The first kappa shape index (κ1) is 15.6. The number of fused-ring (bicyclic) bond motifs is 1. The molecule has 1 fully saturated rings. The first-order valence-corrected chi connectivity index (χ1v) is 8.07. The molecule has 1 N–H and O–H groups in total. The number of aryl methyl sites for hydroxylation is 1. The molecule has 1 aromatic carbocycles. The van der Waals surface area contributed by atoms with Gasteiger partial charge in [-0.3, -0.25) is 9.69 Å². The summed E-state index contributed by atoms with van der Waals surface area (Å²) in [5.74, 6) is -0.587. The highest BCUT2D eigenvalue weighted by Gasteiger charge is 2.33. The topological polar surface area (TPSA) is 70.1 Å². The van der Waals surface area contributed by atoms with Gasteiger partial charge in [0.05, 0.1) is 18.7 Å². The van der Waals surface area contributed by atoms with Crippen LogP contribution in [0.2, 0.25) is 0 Å². The Kier molecular flexibility index (Phi) is 4.41. The van der Waals surface area contributed by atoms with E-state index in [2.05, 4.69) is 0 Å². The standard InChI is InChI=1S/C17H22N2O4/c1-23-14-8-2-5-12-6-4-10-19(15(12)14)17(22)18-9-3-7-13(11-18)16(20)21/h2,5,8,13H,3-4,6-7,9-11H2,1H3,(H,20,21)/t13-/m0/s1. The molecule has 0 aliphatic carbocycles. The number of para-hydroxylation sites is 1. The monoisotopic (exact) mass is 318 g/mol. The van der Waals surface area contributed by atoms with E-state index in [0.717, 1.165) is 30.5 Å². The third-order valence-electron chi connectivity index (χ3n) is 4.67. The average Bonchev–Trinajstić information content (AvgIpc) is 2.60. The van der Waals surface area contributed by atoms with Crippen molar-refractivity contribution in [3.8, 4) is 5.75 Å². The van der Waals surface area contributed by atoms with E-state index in [4.69, 9.17) is 4.74 Å². The molecule has 0 radical (unpaired) electrons. The highest BCUT2D eigenvalue weighted by Crippen LogP contribution is 2.37. The molecule has 2 aliphatic heterocycles. The summed E-state index contributed by atoms with van der Waals surface area (Å²) in [6, 6.07) is 5.71. The predicted octanol–water partition coefficient (Wildman–Crippen LogP) is 2.36. The molecule has 2 amide bonds. The van der Waals surface area contributed by atoms with E-state index in [1.807, 2.05) is 18.2 Å². The van der Waals surface area contributed by atoms with Gasteiger partial charge in [-0.25, -0.2) is 4.79 Å². The van der Waals surface area contributed by atoms with Crippen LogP contribution in [-0.2, 0) is 11.2 Å². The number of amides is 2. The Bertz CT molecular complexity index is 602. The van der Waals surface area contributed by atoms with Crippen molar-refractivity contribution < 1.29 is 19.4 Å². The number of hydrogen-bond donors (Lipinski definition) is 1. The van der Waals surface area contributed by atoms with Crippen LogP contribution in [0.25, 0.3) is 0 Å². The number of carbonyl (C=O) groups excluding carboxylic acids is 1. The number of ether oxygens (including phenoxy) is 1. The molecular formula is C17H22N2O4. The molecule has 0 unspecified atom stereocenters. The van der Waals surface area contributed by atoms with E-state index >= 15 is 0 Å². The Morgan fingerprint density at radius 2 is 2.09 bits per heavy atom. The molecule has 3 rings (SSSR count). The van der Waals surface area contributed by atoms with E-state index in [1.165, 1.54) is 0 Å². The zero-order valence-corrected chi connectivity index (χ0v) is 13.3. The number of piperidine rings is 1. The highest BCUT2D eigenvalue weighted by atomic mass is 16.5. The number of rotatable bonds is 2. The molecule has 1 atom stereocenters. The second kappa shape index (κ2) is 6.48. The number of carboxylic acids is 1. The number of carbonyl (C=O) groups is 2. The van der Waals surface area contributed by atoms with Crippen LogP contribution in [-0.4, -0.2) is 48.8 Å². The first-order chi connectivity index (χ1) is 11.1. The minimum Gasteiger partial charge on any atom is -0.495 e. The van der Waals surface area contributed by atoms with E-state index in [9.17, 15) is 14.7 Å². The molecule has 2 aliphatic rings. The van der Waals surface area contributed by atoms with E-state index in [1.54, 1.807) is 16.9 Å². The lowest BCUT2D eigenvalue weighted by molar-refractivity contribution is -0.143. The van der Waals surface area contributed by atoms with Gasteiger partial charge in [0.2, 0.25) is 0 Å². The van der Waals surface area contributed by atoms with Crippen molar-refractivity contribution >= 4 is 17.7 Å². The smallest absolute Gasteiger partial charge is 0.324 e. The molecule has 2 heterocycles. The van der Waals surface area contributed by atoms with Crippen molar-refractivity contribution in [1.82, 2.24) is 4.90 Å². The van der Waals surface area contributed by atoms with Gasteiger partial charge in [0, 0.05) is 19.6 Å². The molecule has 124 valence electrons. The Labute approximate surface area is 135 Å². The van der Waals surface area contributed by atoms with E-state index in [-0.39, 0.29) is 12.6 Å². The third kappa shape index (κ3) is 2.98. The molecule has 0 spiro atoms. The molecule has 1 saturated heterocycles. The number of benzene rings is 1. The Balaban J connectivity index is 1.85. The molecule has 0 bridgehead atoms. The lowest BCUT2D eigenvalue weighted by atomic mass is 9.98. The Morgan fingerprint density at radius 3 is 2.83 bits per heavy atom. The van der Waals surface area contributed by atoms with Gasteiger partial charge in [-0.2, -0.15) is 0 Å². The zero-order chi connectivity index (χ0) is 16.4. The molecular weight excluding hydrogens is 296 g/mol. The second-order valence-corrected chi connectivity index (χ2v) is 6.13. The number of likely N-dealkylation sites (tertiary alicyclic amines) is 1. The van der Waals surface area contributed by atoms with Gasteiger partial charge >= 0.3 is 12.0 Å². The minimum absolute atomic E-state index is 0.110. The summed E-state index contributed by atoms with van der Waals surface area (Å²) in [5, 5.41) is 9.22. The van der Waals surface area contributed by atoms with Crippen LogP contribution in [0.5, 0.6) is 5.75 Å². The van der Waals surface area contributed by atoms with Crippen molar-refractivity contribution in [1.29, 1.82) is 0 Å². The summed E-state index contributed by atoms with van der Waals surface area (Å²) in [5.41, 5.74) is 1.94. The van der Waals surface area contributed by atoms with Crippen molar-refractivity contribution in [3.05, 3.63) is 23.8 Å². The number of anilines is 1. The number of carboxylic acid groups (broad SMARTS) is 1. The van der Waals surface area contributed by atoms with Crippen LogP contribution in [0.3, 0.4) is 0 Å². The Hall–Kier alpha value is -2.24. The van der Waals surface area contributed by atoms with Gasteiger partial charge < -0.3 is 14.7 Å². The summed E-state index contributed by atoms with van der Waals surface area (Å²) in [6.07, 6.45) is 3.20. The number of nitrogens with zero attached hydrogens (tertiary/aromatic N) is 2. The van der Waals surface area contributed by atoms with Crippen LogP contribution in [0, 0.1) is 5.92 Å². The van der Waals surface area contributed by atoms with E-state index in [0.29, 0.717) is 25.3 Å². The fourth-order valence-electron chi connectivity index (χ4n) is 3.49. The summed E-state index contributed by atoms with van der Waals surface area (Å²) in [6.45, 7) is 1.54. The molecule has 0 saturated carbocycles. The van der Waals surface area contributed by atoms with Crippen LogP contribution in [0.15, 0.2) is 18.2 Å². The molecule has 6 nitrogen and oxygen atoms in total. The summed E-state index contributed by atoms with van der Waals surface area (Å²) in [4.78, 5) is 27.6. The molecule has 1 aromatic rings. The highest BCUT2D eigenvalue weighted by molar-refractivity contribution is 5.95. The number of methoxy groups -OCH3 is 1. The van der Waals surface area contributed by atoms with Crippen molar-refractivity contribution in [3.63, 3.8) is 0 Å². The quantitative estimate of drug-likeness (QED) is 0.909. The van der Waals surface area contributed by atoms with Crippen molar-refractivity contribution in [2.75, 3.05) is 31.6 Å². The second-order valence-electron chi connectivity index (χ2n) is 6.13. The zero-order valence-electron chi connectivity index (χ0n) is 13.3. The van der Waals surface area contributed by atoms with Gasteiger partial charge in [0.15, 0.2) is 0 Å². The fourth-order valence-corrected chi connectivity index (χ4v) is 3.49. The predicted molar refractivity (Wildman–Crippen MR) is 86.0 cm³/mol. The molecule has 6 heteroatoms. The van der Waals surface area contributed by atoms with Gasteiger partial charge in [0.25, 0.3) is 0 Å². The van der Waals surface area contributed by atoms with Gasteiger partial charge in [-0.15, -0.1) is 0 Å². The number of urea groups is 1. The third-order valence-corrected chi connectivity index (χ3v) is 4.67. The van der Waals surface area contributed by atoms with Crippen molar-refractivity contribution in [2.45, 2.75) is 25.7 Å². The van der Waals surface area contributed by atoms with Crippen LogP contribution in [0.4, 0.5) is 10.5 Å².